The summed E-state index contributed by atoms with van der Waals surface area (Å²) >= 11 is 0. The lowest BCUT2D eigenvalue weighted by Crippen LogP contribution is -2.12. The van der Waals surface area contributed by atoms with Crippen molar-refractivity contribution in [1.29, 1.82) is 0 Å². The Morgan fingerprint density at radius 1 is 1.10 bits per heavy atom. The number of carbonyl (C=O) groups is 1. The third kappa shape index (κ3) is 4.69. The van der Waals surface area contributed by atoms with Gasteiger partial charge in [-0.2, -0.15) is 5.10 Å². The Balaban J connectivity index is 1.41. The highest BCUT2D eigenvalue weighted by atomic mass is 16.5. The Kier molecular flexibility index (Phi) is 5.61. The Labute approximate surface area is 177 Å². The maximum Gasteiger partial charge on any atom is 0.264 e. The van der Waals surface area contributed by atoms with E-state index in [2.05, 4.69) is 20.7 Å². The van der Waals surface area contributed by atoms with Gasteiger partial charge in [-0.3, -0.25) is 9.59 Å². The van der Waals surface area contributed by atoms with E-state index in [-0.39, 0.29) is 11.5 Å². The molecule has 0 aliphatic carbocycles. The van der Waals surface area contributed by atoms with Crippen molar-refractivity contribution in [3.63, 3.8) is 0 Å². The summed E-state index contributed by atoms with van der Waals surface area (Å²) in [5.41, 5.74) is 3.94. The van der Waals surface area contributed by atoms with Crippen LogP contribution in [-0.4, -0.2) is 21.3 Å². The SMILES string of the molecule is Cc1noc(C)c1COc1ccc(C(=O)Nc2cccc(-c3ccc(=O)[nH]n3)c2)cc1. The van der Waals surface area contributed by atoms with Crippen LogP contribution in [0.15, 0.2) is 70.0 Å². The number of nitrogens with zero attached hydrogens (tertiary/aromatic N) is 2. The molecule has 0 unspecified atom stereocenters. The summed E-state index contributed by atoms with van der Waals surface area (Å²) in [5.74, 6) is 1.12. The summed E-state index contributed by atoms with van der Waals surface area (Å²) in [5, 5.41) is 13.2. The minimum atomic E-state index is -0.271. The molecule has 0 saturated heterocycles. The maximum absolute atomic E-state index is 12.6. The van der Waals surface area contributed by atoms with Crippen molar-refractivity contribution in [2.45, 2.75) is 20.5 Å². The Bertz CT molecular complexity index is 1240. The van der Waals surface area contributed by atoms with Gasteiger partial charge in [-0.05, 0) is 56.3 Å². The molecular formula is C23H20N4O4. The number of aryl methyl sites for hydroxylation is 2. The molecule has 31 heavy (non-hydrogen) atoms. The molecule has 4 aromatic rings. The molecule has 0 atom stereocenters. The van der Waals surface area contributed by atoms with Crippen LogP contribution < -0.4 is 15.6 Å². The van der Waals surface area contributed by atoms with Crippen LogP contribution in [0, 0.1) is 13.8 Å². The quantitative estimate of drug-likeness (QED) is 0.494. The van der Waals surface area contributed by atoms with Gasteiger partial charge in [0.25, 0.3) is 11.5 Å². The smallest absolute Gasteiger partial charge is 0.264 e. The summed E-state index contributed by atoms with van der Waals surface area (Å²) in [6.45, 7) is 4.05. The molecule has 0 bridgehead atoms. The fourth-order valence-corrected chi connectivity index (χ4v) is 3.03. The Morgan fingerprint density at radius 3 is 2.58 bits per heavy atom. The van der Waals surface area contributed by atoms with Crippen molar-refractivity contribution < 1.29 is 14.1 Å². The van der Waals surface area contributed by atoms with E-state index in [1.54, 1.807) is 42.5 Å². The number of rotatable bonds is 6. The molecule has 156 valence electrons. The molecule has 2 aromatic heterocycles. The van der Waals surface area contributed by atoms with E-state index in [1.807, 2.05) is 26.0 Å². The van der Waals surface area contributed by atoms with Gasteiger partial charge in [-0.1, -0.05) is 17.3 Å². The average Bonchev–Trinajstić information content (AvgIpc) is 3.10. The highest BCUT2D eigenvalue weighted by molar-refractivity contribution is 6.04. The van der Waals surface area contributed by atoms with Gasteiger partial charge in [0.2, 0.25) is 0 Å². The van der Waals surface area contributed by atoms with Gasteiger partial charge >= 0.3 is 0 Å². The lowest BCUT2D eigenvalue weighted by Gasteiger charge is -2.09. The van der Waals surface area contributed by atoms with Crippen molar-refractivity contribution >= 4 is 11.6 Å². The summed E-state index contributed by atoms with van der Waals surface area (Å²) in [4.78, 5) is 23.8. The molecule has 1 amide bonds. The number of hydrogen-bond donors (Lipinski definition) is 2. The van der Waals surface area contributed by atoms with E-state index in [0.717, 1.165) is 22.6 Å². The predicted octanol–water partition coefficient (Wildman–Crippen LogP) is 3.87. The number of nitrogens with one attached hydrogen (secondary N) is 2. The van der Waals surface area contributed by atoms with Gasteiger partial charge in [0.15, 0.2) is 0 Å². The third-order valence-electron chi connectivity index (χ3n) is 4.78. The number of benzene rings is 2. The minimum Gasteiger partial charge on any atom is -0.489 e. The largest absolute Gasteiger partial charge is 0.489 e. The second-order valence-electron chi connectivity index (χ2n) is 6.96. The van der Waals surface area contributed by atoms with Crippen LogP contribution in [0.5, 0.6) is 5.75 Å². The number of amides is 1. The number of hydrogen-bond acceptors (Lipinski definition) is 6. The first kappa shape index (κ1) is 20.1. The highest BCUT2D eigenvalue weighted by Crippen LogP contribution is 2.21. The van der Waals surface area contributed by atoms with Crippen LogP contribution in [0.1, 0.15) is 27.4 Å². The number of carbonyl (C=O) groups excluding carboxylic acids is 1. The molecule has 8 heteroatoms. The second-order valence-corrected chi connectivity index (χ2v) is 6.96. The lowest BCUT2D eigenvalue weighted by atomic mass is 10.1. The van der Waals surface area contributed by atoms with Crippen LogP contribution in [0.25, 0.3) is 11.3 Å². The van der Waals surface area contributed by atoms with E-state index < -0.39 is 0 Å². The molecule has 2 N–H and O–H groups in total. The van der Waals surface area contributed by atoms with E-state index in [1.165, 1.54) is 6.07 Å². The number of aromatic amines is 1. The van der Waals surface area contributed by atoms with E-state index in [4.69, 9.17) is 9.26 Å². The molecule has 0 spiro atoms. The number of ether oxygens (including phenoxy) is 1. The molecule has 0 aliphatic rings. The first-order chi connectivity index (χ1) is 15.0. The van der Waals surface area contributed by atoms with Crippen molar-refractivity contribution in [1.82, 2.24) is 15.4 Å². The summed E-state index contributed by atoms with van der Waals surface area (Å²) < 4.78 is 10.9. The number of aromatic nitrogens is 3. The first-order valence-electron chi connectivity index (χ1n) is 9.62. The normalized spacial score (nSPS) is 10.6. The summed E-state index contributed by atoms with van der Waals surface area (Å²) in [6.07, 6.45) is 0. The summed E-state index contributed by atoms with van der Waals surface area (Å²) in [7, 11) is 0. The zero-order valence-corrected chi connectivity index (χ0v) is 17.0. The van der Waals surface area contributed by atoms with Crippen molar-refractivity contribution in [3.8, 4) is 17.0 Å². The molecule has 4 rings (SSSR count). The first-order valence-corrected chi connectivity index (χ1v) is 9.62. The van der Waals surface area contributed by atoms with Crippen LogP contribution in [0.4, 0.5) is 5.69 Å². The second kappa shape index (κ2) is 8.66. The third-order valence-corrected chi connectivity index (χ3v) is 4.78. The van der Waals surface area contributed by atoms with Gasteiger partial charge in [0.05, 0.1) is 17.0 Å². The zero-order valence-electron chi connectivity index (χ0n) is 17.0. The van der Waals surface area contributed by atoms with Gasteiger partial charge < -0.3 is 14.6 Å². The number of anilines is 1. The van der Waals surface area contributed by atoms with Gasteiger partial charge in [0, 0.05) is 22.9 Å². The van der Waals surface area contributed by atoms with Crippen LogP contribution in [0.3, 0.4) is 0 Å². The molecule has 2 aromatic carbocycles. The molecular weight excluding hydrogens is 396 g/mol. The van der Waals surface area contributed by atoms with Crippen molar-refractivity contribution in [2.75, 3.05) is 5.32 Å². The summed E-state index contributed by atoms with van der Waals surface area (Å²) in [6, 6.07) is 17.2. The molecule has 0 saturated carbocycles. The molecule has 0 aliphatic heterocycles. The standard InChI is InChI=1S/C23H20N4O4/c1-14-20(15(2)31-27-14)13-30-19-8-6-16(7-9-19)23(29)24-18-5-3-4-17(12-18)21-10-11-22(28)26-25-21/h3-12H,13H2,1-2H3,(H,24,29)(H,26,28). The lowest BCUT2D eigenvalue weighted by molar-refractivity contribution is 0.102. The molecule has 0 fully saturated rings. The van der Waals surface area contributed by atoms with E-state index in [9.17, 15) is 9.59 Å². The average molecular weight is 416 g/mol. The van der Waals surface area contributed by atoms with Crippen LogP contribution in [0.2, 0.25) is 0 Å². The van der Waals surface area contributed by atoms with Crippen molar-refractivity contribution in [3.05, 3.63) is 93.6 Å². The maximum atomic E-state index is 12.6. The van der Waals surface area contributed by atoms with Gasteiger partial charge in [0.1, 0.15) is 18.1 Å². The van der Waals surface area contributed by atoms with Gasteiger partial charge in [-0.15, -0.1) is 0 Å². The van der Waals surface area contributed by atoms with Crippen molar-refractivity contribution in [2.24, 2.45) is 0 Å². The highest BCUT2D eigenvalue weighted by Gasteiger charge is 2.11. The Hall–Kier alpha value is -4.20. The monoisotopic (exact) mass is 416 g/mol. The zero-order chi connectivity index (χ0) is 21.8. The minimum absolute atomic E-state index is 0.246. The Morgan fingerprint density at radius 2 is 1.90 bits per heavy atom. The molecule has 2 heterocycles. The fourth-order valence-electron chi connectivity index (χ4n) is 3.03. The van der Waals surface area contributed by atoms with Gasteiger partial charge in [-0.25, -0.2) is 5.10 Å². The molecule has 8 nitrogen and oxygen atoms in total. The molecule has 0 radical (unpaired) electrons. The van der Waals surface area contributed by atoms with E-state index >= 15 is 0 Å². The topological polar surface area (TPSA) is 110 Å². The fraction of sp³-hybridized carbons (Fsp3) is 0.130. The van der Waals surface area contributed by atoms with Crippen LogP contribution >= 0.6 is 0 Å². The van der Waals surface area contributed by atoms with E-state index in [0.29, 0.717) is 29.3 Å². The van der Waals surface area contributed by atoms with Crippen LogP contribution in [-0.2, 0) is 6.61 Å². The predicted molar refractivity (Wildman–Crippen MR) is 115 cm³/mol. The number of H-pyrrole nitrogens is 1.